The zero-order chi connectivity index (χ0) is 13.9. The van der Waals surface area contributed by atoms with Crippen LogP contribution in [0.3, 0.4) is 0 Å². The van der Waals surface area contributed by atoms with Gasteiger partial charge in [0.15, 0.2) is 0 Å². The molecule has 0 fully saturated rings. The molecule has 2 unspecified atom stereocenters. The molecule has 0 aliphatic rings. The van der Waals surface area contributed by atoms with E-state index in [4.69, 9.17) is 5.73 Å². The van der Waals surface area contributed by atoms with Crippen molar-refractivity contribution >= 4 is 27.3 Å². The van der Waals surface area contributed by atoms with Crippen molar-refractivity contribution in [2.75, 3.05) is 13.6 Å². The summed E-state index contributed by atoms with van der Waals surface area (Å²) >= 11 is 4.85. The fourth-order valence-electron chi connectivity index (χ4n) is 1.81. The lowest BCUT2D eigenvalue weighted by Crippen LogP contribution is -2.38. The molecule has 2 N–H and O–H groups in total. The standard InChI is InChI=1S/C11H16BrF3N2S/c1-7(16)10(8-3-4-9(12)18-8)17(2)6-5-11(13,14)15/h3-4,7,10H,5-6,16H2,1-2H3. The molecule has 0 saturated carbocycles. The van der Waals surface area contributed by atoms with Crippen LogP contribution < -0.4 is 5.73 Å². The highest BCUT2D eigenvalue weighted by atomic mass is 79.9. The maximum atomic E-state index is 12.2. The van der Waals surface area contributed by atoms with E-state index in [-0.39, 0.29) is 18.6 Å². The molecule has 7 heteroatoms. The molecule has 0 saturated heterocycles. The van der Waals surface area contributed by atoms with E-state index in [1.807, 2.05) is 19.1 Å². The van der Waals surface area contributed by atoms with Gasteiger partial charge in [0.1, 0.15) is 0 Å². The molecule has 2 nitrogen and oxygen atoms in total. The van der Waals surface area contributed by atoms with Gasteiger partial charge in [0.2, 0.25) is 0 Å². The lowest BCUT2D eigenvalue weighted by molar-refractivity contribution is -0.138. The van der Waals surface area contributed by atoms with Crippen LogP contribution in [0.2, 0.25) is 0 Å². The van der Waals surface area contributed by atoms with Gasteiger partial charge in [-0.25, -0.2) is 0 Å². The quantitative estimate of drug-likeness (QED) is 0.880. The molecule has 1 aromatic heterocycles. The van der Waals surface area contributed by atoms with Crippen molar-refractivity contribution < 1.29 is 13.2 Å². The zero-order valence-corrected chi connectivity index (χ0v) is 12.6. The second kappa shape index (κ2) is 6.36. The largest absolute Gasteiger partial charge is 0.390 e. The van der Waals surface area contributed by atoms with Crippen LogP contribution in [0, 0.1) is 0 Å². The van der Waals surface area contributed by atoms with Gasteiger partial charge in [0, 0.05) is 17.5 Å². The summed E-state index contributed by atoms with van der Waals surface area (Å²) < 4.78 is 37.6. The third-order valence-electron chi connectivity index (χ3n) is 2.61. The van der Waals surface area contributed by atoms with Gasteiger partial charge in [0.25, 0.3) is 0 Å². The van der Waals surface area contributed by atoms with Crippen molar-refractivity contribution in [3.05, 3.63) is 20.8 Å². The summed E-state index contributed by atoms with van der Waals surface area (Å²) in [6.45, 7) is 1.76. The first-order valence-corrected chi connectivity index (χ1v) is 7.09. The molecule has 0 amide bonds. The number of hydrogen-bond donors (Lipinski definition) is 1. The molecule has 1 aromatic rings. The Morgan fingerprint density at radius 3 is 2.44 bits per heavy atom. The Kier molecular flexibility index (Phi) is 5.64. The number of hydrogen-bond acceptors (Lipinski definition) is 3. The predicted octanol–water partition coefficient (Wildman–Crippen LogP) is 3.78. The van der Waals surface area contributed by atoms with Crippen LogP contribution in [-0.4, -0.2) is 30.7 Å². The van der Waals surface area contributed by atoms with Crippen molar-refractivity contribution in [3.8, 4) is 0 Å². The van der Waals surface area contributed by atoms with Gasteiger partial charge in [-0.1, -0.05) is 0 Å². The number of thiophene rings is 1. The maximum absolute atomic E-state index is 12.2. The van der Waals surface area contributed by atoms with Crippen molar-refractivity contribution in [3.63, 3.8) is 0 Å². The number of alkyl halides is 3. The van der Waals surface area contributed by atoms with E-state index in [1.54, 1.807) is 11.9 Å². The van der Waals surface area contributed by atoms with Crippen LogP contribution in [0.4, 0.5) is 13.2 Å². The second-order valence-corrected chi connectivity index (χ2v) is 6.79. The monoisotopic (exact) mass is 344 g/mol. The summed E-state index contributed by atoms with van der Waals surface area (Å²) in [6, 6.07) is 3.36. The van der Waals surface area contributed by atoms with E-state index < -0.39 is 12.6 Å². The summed E-state index contributed by atoms with van der Waals surface area (Å²) in [6.07, 6.45) is -4.95. The van der Waals surface area contributed by atoms with Crippen LogP contribution in [0.1, 0.15) is 24.3 Å². The van der Waals surface area contributed by atoms with E-state index in [0.29, 0.717) is 0 Å². The number of nitrogens with zero attached hydrogens (tertiary/aromatic N) is 1. The summed E-state index contributed by atoms with van der Waals surface area (Å²) in [4.78, 5) is 2.64. The summed E-state index contributed by atoms with van der Waals surface area (Å²) in [5, 5.41) is 0. The van der Waals surface area contributed by atoms with E-state index in [2.05, 4.69) is 15.9 Å². The molecule has 0 aromatic carbocycles. The number of rotatable bonds is 5. The zero-order valence-electron chi connectivity index (χ0n) is 10.2. The first-order valence-electron chi connectivity index (χ1n) is 5.48. The van der Waals surface area contributed by atoms with Crippen LogP contribution in [0.5, 0.6) is 0 Å². The molecule has 18 heavy (non-hydrogen) atoms. The Morgan fingerprint density at radius 2 is 2.06 bits per heavy atom. The Bertz CT molecular complexity index is 379. The highest BCUT2D eigenvalue weighted by Crippen LogP contribution is 2.32. The van der Waals surface area contributed by atoms with Gasteiger partial charge < -0.3 is 5.73 Å². The van der Waals surface area contributed by atoms with E-state index in [1.165, 1.54) is 11.3 Å². The van der Waals surface area contributed by atoms with Gasteiger partial charge in [-0.2, -0.15) is 13.2 Å². The van der Waals surface area contributed by atoms with E-state index >= 15 is 0 Å². The Hall–Kier alpha value is -0.110. The first kappa shape index (κ1) is 15.9. The fourth-order valence-corrected chi connectivity index (χ4v) is 3.51. The minimum absolute atomic E-state index is 0.0504. The third-order valence-corrected chi connectivity index (χ3v) is 4.30. The van der Waals surface area contributed by atoms with Crippen molar-refractivity contribution in [1.29, 1.82) is 0 Å². The molecule has 0 radical (unpaired) electrons. The van der Waals surface area contributed by atoms with Gasteiger partial charge in [-0.05, 0) is 42.0 Å². The molecule has 1 rings (SSSR count). The fraction of sp³-hybridized carbons (Fsp3) is 0.636. The van der Waals surface area contributed by atoms with Crippen LogP contribution in [0.25, 0.3) is 0 Å². The van der Waals surface area contributed by atoms with Crippen LogP contribution in [-0.2, 0) is 0 Å². The van der Waals surface area contributed by atoms with Gasteiger partial charge >= 0.3 is 6.18 Å². The molecule has 0 spiro atoms. The van der Waals surface area contributed by atoms with Crippen molar-refractivity contribution in [2.24, 2.45) is 5.73 Å². The second-order valence-electron chi connectivity index (χ2n) is 4.29. The lowest BCUT2D eigenvalue weighted by Gasteiger charge is -2.30. The van der Waals surface area contributed by atoms with Crippen molar-refractivity contribution in [2.45, 2.75) is 31.6 Å². The van der Waals surface area contributed by atoms with Gasteiger partial charge in [0.05, 0.1) is 16.2 Å². The third kappa shape index (κ3) is 4.87. The molecule has 2 atom stereocenters. The average Bonchev–Trinajstić information content (AvgIpc) is 2.60. The molecule has 1 heterocycles. The van der Waals surface area contributed by atoms with Crippen molar-refractivity contribution in [1.82, 2.24) is 4.90 Å². The molecule has 0 aliphatic carbocycles. The van der Waals surface area contributed by atoms with Gasteiger partial charge in [-0.3, -0.25) is 4.90 Å². The minimum Gasteiger partial charge on any atom is -0.326 e. The van der Waals surface area contributed by atoms with E-state index in [0.717, 1.165) is 8.66 Å². The SMILES string of the molecule is CC(N)C(c1ccc(Br)s1)N(C)CCC(F)(F)F. The average molecular weight is 345 g/mol. The minimum atomic E-state index is -4.13. The maximum Gasteiger partial charge on any atom is 0.390 e. The van der Waals surface area contributed by atoms with Crippen LogP contribution in [0.15, 0.2) is 15.9 Å². The van der Waals surface area contributed by atoms with E-state index in [9.17, 15) is 13.2 Å². The summed E-state index contributed by atoms with van der Waals surface area (Å²) in [5.74, 6) is 0. The first-order chi connectivity index (χ1) is 8.20. The number of nitrogens with two attached hydrogens (primary N) is 1. The van der Waals surface area contributed by atoms with Crippen LogP contribution >= 0.6 is 27.3 Å². The Labute approximate surface area is 117 Å². The molecular formula is C11H16BrF3N2S. The Balaban J connectivity index is 2.73. The topological polar surface area (TPSA) is 29.3 Å². The smallest absolute Gasteiger partial charge is 0.326 e. The highest BCUT2D eigenvalue weighted by molar-refractivity contribution is 9.11. The number of likely N-dealkylation sites (N-methyl/N-ethyl adjacent to an activating group) is 1. The predicted molar refractivity (Wildman–Crippen MR) is 71.7 cm³/mol. The Morgan fingerprint density at radius 1 is 1.44 bits per heavy atom. The molecule has 0 aliphatic heterocycles. The number of halogens is 4. The highest BCUT2D eigenvalue weighted by Gasteiger charge is 2.30. The normalized spacial score (nSPS) is 16.0. The summed E-state index contributed by atoms with van der Waals surface area (Å²) in [5.41, 5.74) is 5.89. The molecular weight excluding hydrogens is 329 g/mol. The molecule has 104 valence electrons. The summed E-state index contributed by atoms with van der Waals surface area (Å²) in [7, 11) is 1.67. The lowest BCUT2D eigenvalue weighted by atomic mass is 10.1. The van der Waals surface area contributed by atoms with Gasteiger partial charge in [-0.15, -0.1) is 11.3 Å². The molecule has 0 bridgehead atoms.